The fraction of sp³-hybridized carbons (Fsp3) is 0.778. The molecular weight excluding hydrogens is 294 g/mol. The Labute approximate surface area is 138 Å². The molecule has 1 spiro atoms. The standard InChI is InChI=1S/C18H29NO2S/c1-3-20-12-6-16-7-13-21-18(16)8-10-19(11-9-18)14-17-5-4-15(2)22-17/h4-5,16H,3,6-14H2,1-2H3/t16-/m1/s1. The number of hydrogen-bond donors (Lipinski definition) is 0. The van der Waals surface area contributed by atoms with Crippen LogP contribution in [-0.4, -0.2) is 43.4 Å². The largest absolute Gasteiger partial charge is 0.382 e. The number of aryl methyl sites for hydroxylation is 1. The second kappa shape index (κ2) is 7.43. The van der Waals surface area contributed by atoms with Gasteiger partial charge in [0.05, 0.1) is 5.60 Å². The van der Waals surface area contributed by atoms with Gasteiger partial charge in [0.15, 0.2) is 0 Å². The Bertz CT molecular complexity index is 465. The molecule has 3 heterocycles. The highest BCUT2D eigenvalue weighted by Crippen LogP contribution is 2.42. The summed E-state index contributed by atoms with van der Waals surface area (Å²) in [6.07, 6.45) is 4.76. The first-order valence-corrected chi connectivity index (χ1v) is 9.53. The molecule has 0 amide bonds. The molecule has 2 saturated heterocycles. The van der Waals surface area contributed by atoms with Crippen LogP contribution >= 0.6 is 11.3 Å². The van der Waals surface area contributed by atoms with Gasteiger partial charge in [-0.15, -0.1) is 11.3 Å². The van der Waals surface area contributed by atoms with E-state index >= 15 is 0 Å². The van der Waals surface area contributed by atoms with Crippen LogP contribution in [-0.2, 0) is 16.0 Å². The average molecular weight is 324 g/mol. The normalized spacial score (nSPS) is 25.1. The molecule has 1 atom stereocenters. The van der Waals surface area contributed by atoms with Crippen LogP contribution in [0.4, 0.5) is 0 Å². The van der Waals surface area contributed by atoms with Crippen molar-refractivity contribution in [1.29, 1.82) is 0 Å². The van der Waals surface area contributed by atoms with Crippen molar-refractivity contribution in [3.63, 3.8) is 0 Å². The van der Waals surface area contributed by atoms with Gasteiger partial charge in [-0.1, -0.05) is 0 Å². The number of thiophene rings is 1. The van der Waals surface area contributed by atoms with Crippen molar-refractivity contribution in [2.45, 2.75) is 51.7 Å². The Morgan fingerprint density at radius 3 is 2.86 bits per heavy atom. The summed E-state index contributed by atoms with van der Waals surface area (Å²) in [7, 11) is 0. The molecule has 3 rings (SSSR count). The molecule has 0 bridgehead atoms. The Morgan fingerprint density at radius 1 is 1.36 bits per heavy atom. The summed E-state index contributed by atoms with van der Waals surface area (Å²) in [4.78, 5) is 5.50. The van der Waals surface area contributed by atoms with E-state index in [1.165, 1.54) is 42.1 Å². The zero-order valence-corrected chi connectivity index (χ0v) is 14.8. The van der Waals surface area contributed by atoms with Crippen molar-refractivity contribution in [2.24, 2.45) is 5.92 Å². The summed E-state index contributed by atoms with van der Waals surface area (Å²) in [5.41, 5.74) is 0.152. The first kappa shape index (κ1) is 16.4. The van der Waals surface area contributed by atoms with Gasteiger partial charge in [0.1, 0.15) is 0 Å². The zero-order valence-electron chi connectivity index (χ0n) is 14.0. The fourth-order valence-electron chi connectivity index (χ4n) is 4.00. The minimum absolute atomic E-state index is 0.152. The molecule has 0 N–H and O–H groups in total. The Kier molecular flexibility index (Phi) is 5.55. The van der Waals surface area contributed by atoms with E-state index in [2.05, 4.69) is 30.9 Å². The zero-order chi connectivity index (χ0) is 15.4. The van der Waals surface area contributed by atoms with E-state index in [1.54, 1.807) is 0 Å². The summed E-state index contributed by atoms with van der Waals surface area (Å²) in [6.45, 7) is 10.4. The molecule has 0 unspecified atom stereocenters. The van der Waals surface area contributed by atoms with Crippen LogP contribution < -0.4 is 0 Å². The van der Waals surface area contributed by atoms with E-state index in [4.69, 9.17) is 9.47 Å². The Hall–Kier alpha value is -0.420. The molecule has 0 aliphatic carbocycles. The summed E-state index contributed by atoms with van der Waals surface area (Å²) >= 11 is 1.93. The SMILES string of the molecule is CCOCC[C@@H]1CCOC12CCN(Cc1ccc(C)s1)CC2. The first-order chi connectivity index (χ1) is 10.7. The van der Waals surface area contributed by atoms with E-state index in [9.17, 15) is 0 Å². The molecule has 4 heteroatoms. The first-order valence-electron chi connectivity index (χ1n) is 8.71. The molecule has 2 aliphatic rings. The molecule has 2 fully saturated rings. The average Bonchev–Trinajstić information content (AvgIpc) is 3.09. The van der Waals surface area contributed by atoms with Gasteiger partial charge in [-0.3, -0.25) is 4.90 Å². The Morgan fingerprint density at radius 2 is 2.18 bits per heavy atom. The van der Waals surface area contributed by atoms with E-state index in [-0.39, 0.29) is 5.60 Å². The van der Waals surface area contributed by atoms with Crippen LogP contribution in [0.3, 0.4) is 0 Å². The molecule has 1 aromatic rings. The summed E-state index contributed by atoms with van der Waals surface area (Å²) in [5.74, 6) is 0.699. The molecule has 0 saturated carbocycles. The third-order valence-electron chi connectivity index (χ3n) is 5.29. The molecule has 0 radical (unpaired) electrons. The summed E-state index contributed by atoms with van der Waals surface area (Å²) in [5, 5.41) is 0. The Balaban J connectivity index is 1.51. The minimum atomic E-state index is 0.152. The lowest BCUT2D eigenvalue weighted by atomic mass is 9.78. The predicted octanol–water partition coefficient (Wildman–Crippen LogP) is 3.85. The van der Waals surface area contributed by atoms with E-state index < -0.39 is 0 Å². The third kappa shape index (κ3) is 3.73. The van der Waals surface area contributed by atoms with Crippen LogP contribution in [0, 0.1) is 12.8 Å². The van der Waals surface area contributed by atoms with Crippen molar-refractivity contribution in [1.82, 2.24) is 4.90 Å². The van der Waals surface area contributed by atoms with E-state index in [1.807, 2.05) is 11.3 Å². The van der Waals surface area contributed by atoms with Crippen LogP contribution in [0.2, 0.25) is 0 Å². The van der Waals surface area contributed by atoms with Crippen molar-refractivity contribution in [2.75, 3.05) is 32.9 Å². The number of ether oxygens (including phenoxy) is 2. The second-order valence-corrected chi connectivity index (χ2v) is 8.05. The highest BCUT2D eigenvalue weighted by Gasteiger charge is 2.45. The molecule has 1 aromatic heterocycles. The number of rotatable bonds is 6. The highest BCUT2D eigenvalue weighted by atomic mass is 32.1. The highest BCUT2D eigenvalue weighted by molar-refractivity contribution is 7.11. The third-order valence-corrected chi connectivity index (χ3v) is 6.28. The van der Waals surface area contributed by atoms with Gasteiger partial charge < -0.3 is 9.47 Å². The maximum Gasteiger partial charge on any atom is 0.0736 e. The van der Waals surface area contributed by atoms with Crippen LogP contribution in [0.5, 0.6) is 0 Å². The second-order valence-electron chi connectivity index (χ2n) is 6.67. The van der Waals surface area contributed by atoms with Gasteiger partial charge in [0.2, 0.25) is 0 Å². The van der Waals surface area contributed by atoms with Gasteiger partial charge in [0, 0.05) is 49.2 Å². The lowest BCUT2D eigenvalue weighted by Gasteiger charge is -2.42. The molecule has 3 nitrogen and oxygen atoms in total. The van der Waals surface area contributed by atoms with Gasteiger partial charge in [-0.05, 0) is 57.6 Å². The van der Waals surface area contributed by atoms with Crippen LogP contribution in [0.15, 0.2) is 12.1 Å². The van der Waals surface area contributed by atoms with Gasteiger partial charge in [-0.2, -0.15) is 0 Å². The van der Waals surface area contributed by atoms with Crippen molar-refractivity contribution >= 4 is 11.3 Å². The van der Waals surface area contributed by atoms with Gasteiger partial charge >= 0.3 is 0 Å². The van der Waals surface area contributed by atoms with Crippen molar-refractivity contribution in [3.8, 4) is 0 Å². The maximum absolute atomic E-state index is 6.25. The number of hydrogen-bond acceptors (Lipinski definition) is 4. The number of piperidine rings is 1. The lowest BCUT2D eigenvalue weighted by Crippen LogP contribution is -2.47. The van der Waals surface area contributed by atoms with Crippen LogP contribution in [0.1, 0.15) is 42.4 Å². The number of nitrogens with zero attached hydrogens (tertiary/aromatic N) is 1. The fourth-order valence-corrected chi connectivity index (χ4v) is 4.93. The lowest BCUT2D eigenvalue weighted by molar-refractivity contribution is -0.0726. The van der Waals surface area contributed by atoms with Crippen molar-refractivity contribution < 1.29 is 9.47 Å². The monoisotopic (exact) mass is 323 g/mol. The molecule has 22 heavy (non-hydrogen) atoms. The quantitative estimate of drug-likeness (QED) is 0.742. The predicted molar refractivity (Wildman–Crippen MR) is 91.5 cm³/mol. The van der Waals surface area contributed by atoms with E-state index in [0.717, 1.165) is 32.8 Å². The summed E-state index contributed by atoms with van der Waals surface area (Å²) < 4.78 is 11.8. The van der Waals surface area contributed by atoms with Crippen molar-refractivity contribution in [3.05, 3.63) is 21.9 Å². The smallest absolute Gasteiger partial charge is 0.0736 e. The van der Waals surface area contributed by atoms with Gasteiger partial charge in [-0.25, -0.2) is 0 Å². The van der Waals surface area contributed by atoms with Crippen LogP contribution in [0.25, 0.3) is 0 Å². The molecule has 2 aliphatic heterocycles. The summed E-state index contributed by atoms with van der Waals surface area (Å²) in [6, 6.07) is 4.51. The molecular formula is C18H29NO2S. The van der Waals surface area contributed by atoms with E-state index in [0.29, 0.717) is 5.92 Å². The molecule has 0 aromatic carbocycles. The molecule has 124 valence electrons. The maximum atomic E-state index is 6.25. The topological polar surface area (TPSA) is 21.7 Å². The van der Waals surface area contributed by atoms with Gasteiger partial charge in [0.25, 0.3) is 0 Å². The number of likely N-dealkylation sites (tertiary alicyclic amines) is 1. The minimum Gasteiger partial charge on any atom is -0.382 e.